The van der Waals surface area contributed by atoms with Crippen molar-refractivity contribution in [2.75, 3.05) is 46.5 Å². The van der Waals surface area contributed by atoms with E-state index in [2.05, 4.69) is 24.1 Å². The van der Waals surface area contributed by atoms with Gasteiger partial charge in [-0.15, -0.1) is 5.92 Å². The average Bonchev–Trinajstić information content (AvgIpc) is 3.29. The molecule has 4 aliphatic rings. The summed E-state index contributed by atoms with van der Waals surface area (Å²) in [5, 5.41) is 69.1. The van der Waals surface area contributed by atoms with E-state index in [0.29, 0.717) is 48.3 Å². The van der Waals surface area contributed by atoms with Crippen LogP contribution in [-0.4, -0.2) is 102 Å². The lowest BCUT2D eigenvalue weighted by molar-refractivity contribution is -0.0808. The molecule has 2 heterocycles. The van der Waals surface area contributed by atoms with E-state index in [-0.39, 0.29) is 65.0 Å². The minimum atomic E-state index is -1.00. The number of rotatable bonds is 10. The Morgan fingerprint density at radius 2 is 1.72 bits per heavy atom. The molecule has 2 aliphatic heterocycles. The quantitative estimate of drug-likeness (QED) is 0.0784. The molecule has 13 heteroatoms. The monoisotopic (exact) mass is 843 g/mol. The molecule has 0 bridgehead atoms. The molecule has 0 saturated heterocycles. The fourth-order valence-electron chi connectivity index (χ4n) is 10.1. The molecule has 0 aromatic heterocycles. The number of benzene rings is 2. The third-order valence-corrected chi connectivity index (χ3v) is 15.9. The Morgan fingerprint density at radius 1 is 0.931 bits per heavy atom. The highest BCUT2D eigenvalue weighted by atomic mass is 33.1. The van der Waals surface area contributed by atoms with Crippen LogP contribution in [0.25, 0.3) is 0 Å². The van der Waals surface area contributed by atoms with Crippen LogP contribution in [0.5, 0.6) is 28.7 Å². The molecule has 10 atom stereocenters. The van der Waals surface area contributed by atoms with Gasteiger partial charge in [0, 0.05) is 41.9 Å². The maximum absolute atomic E-state index is 11.7. The molecule has 2 saturated carbocycles. The van der Waals surface area contributed by atoms with Crippen molar-refractivity contribution in [2.45, 2.75) is 120 Å². The molecule has 58 heavy (non-hydrogen) atoms. The number of methoxy groups -OCH3 is 2. The van der Waals surface area contributed by atoms with Gasteiger partial charge in [0.05, 0.1) is 38.6 Å². The summed E-state index contributed by atoms with van der Waals surface area (Å²) in [6.45, 7) is 3.69. The molecular formula is C45H65NO10S2. The number of hydrogen-bond acceptors (Lipinski definition) is 13. The van der Waals surface area contributed by atoms with E-state index >= 15 is 0 Å². The number of phenolic OH excluding ortho intramolecular Hbond substituents is 2. The Labute approximate surface area is 352 Å². The fraction of sp³-hybridized carbons (Fsp3) is 0.689. The van der Waals surface area contributed by atoms with Gasteiger partial charge in [0.25, 0.3) is 0 Å². The minimum Gasteiger partial charge on any atom is -0.504 e. The van der Waals surface area contributed by atoms with Crippen molar-refractivity contribution in [1.82, 2.24) is 5.32 Å². The summed E-state index contributed by atoms with van der Waals surface area (Å²) in [6, 6.07) is 7.08. The Balaban J connectivity index is 1.26. The number of aryl methyl sites for hydroxylation is 1. The van der Waals surface area contributed by atoms with Gasteiger partial charge in [-0.1, -0.05) is 47.3 Å². The summed E-state index contributed by atoms with van der Waals surface area (Å²) in [4.78, 5) is 0. The largest absolute Gasteiger partial charge is 0.504 e. The summed E-state index contributed by atoms with van der Waals surface area (Å²) >= 11 is 0. The van der Waals surface area contributed by atoms with Crippen molar-refractivity contribution in [3.63, 3.8) is 0 Å². The molecule has 2 fully saturated rings. The first-order valence-electron chi connectivity index (χ1n) is 21.2. The SMILES string of the molecule is COc1cc(C[C@H]2[C@H](O)C[C@@H](OCO)CCc3cc(O[C@H]4CC[C@H]5CNCCC#C[C@]6(CCC[C@H](C)C6)[C@@H]5C4)c(O)cc3[C@H](CCO)SSC[C@@H]2O)cc(OC)c1O. The number of nitrogens with one attached hydrogen (secondary N) is 1. The third kappa shape index (κ3) is 11.0. The molecule has 322 valence electrons. The number of hydrogen-bond donors (Lipinski definition) is 7. The van der Waals surface area contributed by atoms with Crippen molar-refractivity contribution in [3.8, 4) is 40.6 Å². The second kappa shape index (κ2) is 21.3. The van der Waals surface area contributed by atoms with Crippen LogP contribution in [0.3, 0.4) is 0 Å². The average molecular weight is 844 g/mol. The first kappa shape index (κ1) is 45.0. The Hall–Kier alpha value is -2.54. The minimum absolute atomic E-state index is 0.00773. The summed E-state index contributed by atoms with van der Waals surface area (Å²) in [7, 11) is 5.89. The maximum atomic E-state index is 11.7. The van der Waals surface area contributed by atoms with Gasteiger partial charge in [0.1, 0.15) is 6.79 Å². The second-order valence-electron chi connectivity index (χ2n) is 17.0. The summed E-state index contributed by atoms with van der Waals surface area (Å²) in [6.07, 6.45) is 7.66. The van der Waals surface area contributed by atoms with Crippen LogP contribution in [-0.2, 0) is 17.6 Å². The fourth-order valence-corrected chi connectivity index (χ4v) is 13.0. The van der Waals surface area contributed by atoms with Crippen molar-refractivity contribution in [3.05, 3.63) is 41.0 Å². The molecule has 1 spiro atoms. The van der Waals surface area contributed by atoms with E-state index in [1.165, 1.54) is 48.6 Å². The van der Waals surface area contributed by atoms with E-state index in [1.54, 1.807) is 18.2 Å². The molecule has 0 radical (unpaired) electrons. The number of aliphatic hydroxyl groups excluding tert-OH is 4. The Morgan fingerprint density at radius 3 is 2.45 bits per heavy atom. The van der Waals surface area contributed by atoms with Gasteiger partial charge in [0.2, 0.25) is 5.75 Å². The van der Waals surface area contributed by atoms with Crippen LogP contribution in [0.4, 0.5) is 0 Å². The van der Waals surface area contributed by atoms with Crippen molar-refractivity contribution in [1.29, 1.82) is 0 Å². The van der Waals surface area contributed by atoms with E-state index in [1.807, 2.05) is 6.07 Å². The van der Waals surface area contributed by atoms with Crippen LogP contribution in [0.15, 0.2) is 24.3 Å². The number of fused-ring (bicyclic) bond motifs is 3. The van der Waals surface area contributed by atoms with Gasteiger partial charge in [-0.2, -0.15) is 0 Å². The first-order valence-corrected chi connectivity index (χ1v) is 23.6. The van der Waals surface area contributed by atoms with Gasteiger partial charge in [0.15, 0.2) is 23.0 Å². The zero-order valence-electron chi connectivity index (χ0n) is 34.4. The predicted octanol–water partition coefficient (Wildman–Crippen LogP) is 6.53. The summed E-state index contributed by atoms with van der Waals surface area (Å²) < 4.78 is 23.4. The van der Waals surface area contributed by atoms with Crippen molar-refractivity contribution in [2.24, 2.45) is 29.1 Å². The molecular weight excluding hydrogens is 779 g/mol. The molecule has 0 unspecified atom stereocenters. The number of phenols is 2. The zero-order valence-corrected chi connectivity index (χ0v) is 36.0. The molecule has 0 amide bonds. The van der Waals surface area contributed by atoms with E-state index < -0.39 is 31.0 Å². The van der Waals surface area contributed by atoms with Crippen LogP contribution < -0.4 is 19.5 Å². The van der Waals surface area contributed by atoms with E-state index in [4.69, 9.17) is 18.9 Å². The van der Waals surface area contributed by atoms with Crippen LogP contribution in [0.2, 0.25) is 0 Å². The van der Waals surface area contributed by atoms with Gasteiger partial charge in [-0.05, 0) is 129 Å². The number of aromatic hydroxyl groups is 2. The topological polar surface area (TPSA) is 170 Å². The lowest BCUT2D eigenvalue weighted by Crippen LogP contribution is -2.46. The van der Waals surface area contributed by atoms with E-state index in [0.717, 1.165) is 62.7 Å². The number of ether oxygens (including phenoxy) is 4. The van der Waals surface area contributed by atoms with Gasteiger partial charge < -0.3 is 54.9 Å². The summed E-state index contributed by atoms with van der Waals surface area (Å²) in [5.41, 5.74) is 2.52. The third-order valence-electron chi connectivity index (χ3n) is 13.1. The van der Waals surface area contributed by atoms with Crippen LogP contribution in [0.1, 0.15) is 99.5 Å². The highest BCUT2D eigenvalue weighted by Crippen LogP contribution is 2.53. The lowest BCUT2D eigenvalue weighted by Gasteiger charge is -2.49. The highest BCUT2D eigenvalue weighted by Gasteiger charge is 2.47. The normalized spacial score (nSPS) is 32.3. The Bertz CT molecular complexity index is 1680. The Kier molecular flexibility index (Phi) is 16.5. The highest BCUT2D eigenvalue weighted by molar-refractivity contribution is 8.76. The van der Waals surface area contributed by atoms with Crippen LogP contribution >= 0.6 is 21.6 Å². The molecule has 2 aliphatic carbocycles. The van der Waals surface area contributed by atoms with Crippen LogP contribution in [0, 0.1) is 40.9 Å². The van der Waals surface area contributed by atoms with Gasteiger partial charge in [-0.3, -0.25) is 0 Å². The lowest BCUT2D eigenvalue weighted by atomic mass is 9.56. The molecule has 2 aromatic carbocycles. The van der Waals surface area contributed by atoms with Gasteiger partial charge >= 0.3 is 0 Å². The standard InChI is InChI=1S/C45H65NO10S2/c1-28-7-6-14-45(24-28)13-4-5-15-46-25-31-9-11-33(21-36(31)45)56-40-20-30-8-10-32(55-27-48)22-37(49)35(17-29-18-41(53-2)44(52)42(19-29)54-3)39(51)26-57-58-43(12-16-47)34(30)23-38(40)50/h18-20,23,28,31-33,35-37,39,43,46-52H,5-12,14-17,21-22,24-27H2,1-3H3/t28-,31-,32-,33-,35-,36+,37+,39-,43-,45+/m0/s1. The predicted molar refractivity (Wildman–Crippen MR) is 228 cm³/mol. The molecule has 11 nitrogen and oxygen atoms in total. The first-order chi connectivity index (χ1) is 28.1. The molecule has 6 rings (SSSR count). The number of aliphatic hydroxyl groups is 4. The second-order valence-corrected chi connectivity index (χ2v) is 19.6. The maximum Gasteiger partial charge on any atom is 0.200 e. The van der Waals surface area contributed by atoms with Crippen molar-refractivity contribution < 1.29 is 49.6 Å². The van der Waals surface area contributed by atoms with Crippen molar-refractivity contribution >= 4 is 21.6 Å². The molecule has 2 aromatic rings. The molecule has 7 N–H and O–H groups in total. The summed E-state index contributed by atoms with van der Waals surface area (Å²) in [5.74, 6) is 9.45. The zero-order chi connectivity index (χ0) is 41.2. The van der Waals surface area contributed by atoms with E-state index in [9.17, 15) is 30.6 Å². The smallest absolute Gasteiger partial charge is 0.200 e. The van der Waals surface area contributed by atoms with Gasteiger partial charge in [-0.25, -0.2) is 0 Å².